The Hall–Kier alpha value is -4.22. The van der Waals surface area contributed by atoms with Crippen molar-refractivity contribution in [3.8, 4) is 22.5 Å². The van der Waals surface area contributed by atoms with Crippen LogP contribution in [0.4, 0.5) is 4.79 Å². The SMILES string of the molecule is CCC(CC)n1cc(-c2nc(-c3cnn(C4CCN(C(=O)CNC(=O)OC(C)(C)C)CC4)c3)cn3nccc23)cn1. The van der Waals surface area contributed by atoms with Gasteiger partial charge in [0.15, 0.2) is 0 Å². The van der Waals surface area contributed by atoms with Crippen molar-refractivity contribution in [3.05, 3.63) is 43.2 Å². The van der Waals surface area contributed by atoms with E-state index in [0.29, 0.717) is 19.1 Å². The Balaban J connectivity index is 1.26. The molecule has 0 atom stereocenters. The van der Waals surface area contributed by atoms with Crippen molar-refractivity contribution in [1.29, 1.82) is 0 Å². The molecule has 0 radical (unpaired) electrons. The summed E-state index contributed by atoms with van der Waals surface area (Å²) in [5, 5.41) is 16.3. The molecule has 0 aromatic carbocycles. The van der Waals surface area contributed by atoms with Crippen molar-refractivity contribution < 1.29 is 14.3 Å². The van der Waals surface area contributed by atoms with Crippen LogP contribution in [0.5, 0.6) is 0 Å². The van der Waals surface area contributed by atoms with Crippen molar-refractivity contribution in [2.75, 3.05) is 19.6 Å². The van der Waals surface area contributed by atoms with Gasteiger partial charge in [-0.05, 0) is 52.5 Å². The summed E-state index contributed by atoms with van der Waals surface area (Å²) >= 11 is 0. The molecule has 41 heavy (non-hydrogen) atoms. The maximum absolute atomic E-state index is 12.6. The smallest absolute Gasteiger partial charge is 0.408 e. The highest BCUT2D eigenvalue weighted by atomic mass is 16.6. The van der Waals surface area contributed by atoms with Crippen molar-refractivity contribution in [3.63, 3.8) is 0 Å². The Morgan fingerprint density at radius 2 is 1.76 bits per heavy atom. The number of nitrogens with zero attached hydrogens (tertiary/aromatic N) is 8. The summed E-state index contributed by atoms with van der Waals surface area (Å²) in [6.45, 7) is 10.8. The van der Waals surface area contributed by atoms with E-state index in [1.807, 2.05) is 44.7 Å². The van der Waals surface area contributed by atoms with Gasteiger partial charge in [-0.2, -0.15) is 15.3 Å². The number of ether oxygens (including phenoxy) is 1. The van der Waals surface area contributed by atoms with Gasteiger partial charge >= 0.3 is 6.09 Å². The molecule has 0 aliphatic carbocycles. The van der Waals surface area contributed by atoms with Crippen LogP contribution in [0.25, 0.3) is 28.0 Å². The largest absolute Gasteiger partial charge is 0.444 e. The van der Waals surface area contributed by atoms with E-state index >= 15 is 0 Å². The van der Waals surface area contributed by atoms with E-state index in [4.69, 9.17) is 9.72 Å². The second kappa shape index (κ2) is 11.7. The highest BCUT2D eigenvalue weighted by Crippen LogP contribution is 2.29. The van der Waals surface area contributed by atoms with Crippen molar-refractivity contribution in [2.45, 2.75) is 78.0 Å². The van der Waals surface area contributed by atoms with Crippen LogP contribution in [-0.2, 0) is 9.53 Å². The first-order chi connectivity index (χ1) is 19.6. The fraction of sp³-hybridized carbons (Fsp3) is 0.517. The second-order valence-corrected chi connectivity index (χ2v) is 11.5. The average molecular weight is 562 g/mol. The predicted molar refractivity (Wildman–Crippen MR) is 154 cm³/mol. The Morgan fingerprint density at radius 1 is 1.02 bits per heavy atom. The number of amides is 2. The average Bonchev–Trinajstić information content (AvgIpc) is 3.72. The van der Waals surface area contributed by atoms with Gasteiger partial charge in [0.1, 0.15) is 12.1 Å². The van der Waals surface area contributed by atoms with Gasteiger partial charge in [0.25, 0.3) is 0 Å². The summed E-state index contributed by atoms with van der Waals surface area (Å²) in [5.41, 5.74) is 3.77. The molecule has 0 spiro atoms. The molecular weight excluding hydrogens is 522 g/mol. The normalized spacial score (nSPS) is 14.6. The predicted octanol–water partition coefficient (Wildman–Crippen LogP) is 4.51. The van der Waals surface area contributed by atoms with E-state index in [0.717, 1.165) is 53.7 Å². The van der Waals surface area contributed by atoms with Crippen LogP contribution < -0.4 is 5.32 Å². The molecule has 1 fully saturated rings. The number of piperidine rings is 1. The lowest BCUT2D eigenvalue weighted by molar-refractivity contribution is -0.131. The molecule has 4 aromatic rings. The fourth-order valence-corrected chi connectivity index (χ4v) is 5.22. The molecule has 1 saturated heterocycles. The quantitative estimate of drug-likeness (QED) is 0.336. The maximum atomic E-state index is 12.6. The number of hydrogen-bond acceptors (Lipinski definition) is 7. The highest BCUT2D eigenvalue weighted by molar-refractivity contribution is 5.82. The van der Waals surface area contributed by atoms with Crippen LogP contribution in [0.15, 0.2) is 43.2 Å². The Bertz CT molecular complexity index is 1500. The van der Waals surface area contributed by atoms with E-state index in [1.54, 1.807) is 31.9 Å². The van der Waals surface area contributed by atoms with Gasteiger partial charge in [0, 0.05) is 36.6 Å². The van der Waals surface area contributed by atoms with Gasteiger partial charge in [-0.25, -0.2) is 14.3 Å². The minimum absolute atomic E-state index is 0.0775. The molecular formula is C29H39N9O3. The summed E-state index contributed by atoms with van der Waals surface area (Å²) in [4.78, 5) is 31.3. The molecule has 0 saturated carbocycles. The van der Waals surface area contributed by atoms with Crippen molar-refractivity contribution in [2.24, 2.45) is 0 Å². The van der Waals surface area contributed by atoms with Crippen LogP contribution in [0, 0.1) is 0 Å². The van der Waals surface area contributed by atoms with Gasteiger partial charge in [-0.1, -0.05) is 13.8 Å². The Labute approximate surface area is 239 Å². The number of aromatic nitrogens is 7. The lowest BCUT2D eigenvalue weighted by Gasteiger charge is -2.32. The summed E-state index contributed by atoms with van der Waals surface area (Å²) in [7, 11) is 0. The molecule has 1 aliphatic heterocycles. The number of fused-ring (bicyclic) bond motifs is 1. The zero-order chi connectivity index (χ0) is 29.1. The highest BCUT2D eigenvalue weighted by Gasteiger charge is 2.26. The fourth-order valence-electron chi connectivity index (χ4n) is 5.22. The molecule has 218 valence electrons. The zero-order valence-electron chi connectivity index (χ0n) is 24.4. The number of carbonyl (C=O) groups is 2. The maximum Gasteiger partial charge on any atom is 0.408 e. The number of hydrogen-bond donors (Lipinski definition) is 1. The Morgan fingerprint density at radius 3 is 2.46 bits per heavy atom. The number of carbonyl (C=O) groups excluding carboxylic acids is 2. The summed E-state index contributed by atoms with van der Waals surface area (Å²) < 4.78 is 11.1. The molecule has 2 amide bonds. The van der Waals surface area contributed by atoms with Gasteiger partial charge in [0.2, 0.25) is 5.91 Å². The molecule has 12 nitrogen and oxygen atoms in total. The van der Waals surface area contributed by atoms with Gasteiger partial charge in [-0.15, -0.1) is 0 Å². The van der Waals surface area contributed by atoms with E-state index in [1.165, 1.54) is 0 Å². The van der Waals surface area contributed by atoms with Crippen LogP contribution in [0.3, 0.4) is 0 Å². The summed E-state index contributed by atoms with van der Waals surface area (Å²) in [6.07, 6.45) is 14.5. The Kier molecular flexibility index (Phi) is 8.09. The van der Waals surface area contributed by atoms with E-state index in [9.17, 15) is 9.59 Å². The molecule has 1 aliphatic rings. The van der Waals surface area contributed by atoms with Crippen LogP contribution >= 0.6 is 0 Å². The topological polar surface area (TPSA) is 124 Å². The minimum Gasteiger partial charge on any atom is -0.444 e. The van der Waals surface area contributed by atoms with Crippen molar-refractivity contribution in [1.82, 2.24) is 44.4 Å². The van der Waals surface area contributed by atoms with Crippen molar-refractivity contribution >= 4 is 17.5 Å². The molecule has 12 heteroatoms. The van der Waals surface area contributed by atoms with E-state index in [-0.39, 0.29) is 18.5 Å². The van der Waals surface area contributed by atoms with Gasteiger partial charge in [0.05, 0.1) is 53.8 Å². The molecule has 5 rings (SSSR count). The number of nitrogens with one attached hydrogen (secondary N) is 1. The number of alkyl carbamates (subject to hydrolysis) is 1. The monoisotopic (exact) mass is 561 g/mol. The third kappa shape index (κ3) is 6.41. The first kappa shape index (κ1) is 28.3. The standard InChI is InChI=1S/C29H39N9O3/c1-6-22(7-2)36-18-21(15-33-36)27-25-8-11-31-38(25)19-24(34-27)20-14-32-37(17-20)23-9-12-35(13-10-23)26(39)16-30-28(40)41-29(3,4)5/h8,11,14-15,17-19,22-23H,6-7,9-10,12-13,16H2,1-5H3,(H,30,40). The second-order valence-electron chi connectivity index (χ2n) is 11.5. The zero-order valence-corrected chi connectivity index (χ0v) is 24.4. The number of rotatable bonds is 8. The van der Waals surface area contributed by atoms with Crippen LogP contribution in [0.1, 0.15) is 72.4 Å². The first-order valence-electron chi connectivity index (χ1n) is 14.3. The van der Waals surface area contributed by atoms with Crippen LogP contribution in [-0.4, -0.2) is 76.3 Å². The molecule has 0 unspecified atom stereocenters. The van der Waals surface area contributed by atoms with E-state index in [2.05, 4.69) is 40.7 Å². The lowest BCUT2D eigenvalue weighted by Crippen LogP contribution is -2.45. The number of likely N-dealkylation sites (tertiary alicyclic amines) is 1. The molecule has 1 N–H and O–H groups in total. The molecule has 4 aromatic heterocycles. The molecule has 5 heterocycles. The van der Waals surface area contributed by atoms with Gasteiger partial charge < -0.3 is 15.0 Å². The summed E-state index contributed by atoms with van der Waals surface area (Å²) in [5.74, 6) is -0.118. The van der Waals surface area contributed by atoms with Crippen LogP contribution in [0.2, 0.25) is 0 Å². The minimum atomic E-state index is -0.606. The lowest BCUT2D eigenvalue weighted by atomic mass is 10.1. The third-order valence-corrected chi connectivity index (χ3v) is 7.45. The molecule has 0 bridgehead atoms. The summed E-state index contributed by atoms with van der Waals surface area (Å²) in [6, 6.07) is 2.48. The first-order valence-corrected chi connectivity index (χ1v) is 14.3. The third-order valence-electron chi connectivity index (χ3n) is 7.45. The van der Waals surface area contributed by atoms with Gasteiger partial charge in [-0.3, -0.25) is 14.2 Å². The van der Waals surface area contributed by atoms with E-state index < -0.39 is 11.7 Å².